The number of hydrogen-bond donors (Lipinski definition) is 2. The first-order valence-corrected chi connectivity index (χ1v) is 6.56. The van der Waals surface area contributed by atoms with Crippen molar-refractivity contribution in [3.8, 4) is 0 Å². The van der Waals surface area contributed by atoms with Gasteiger partial charge in [0.05, 0.1) is 13.2 Å². The maximum atomic E-state index is 5.43. The smallest absolute Gasteiger partial charge is 0.0725 e. The van der Waals surface area contributed by atoms with Crippen LogP contribution in [0.25, 0.3) is 0 Å². The van der Waals surface area contributed by atoms with Gasteiger partial charge in [-0.3, -0.25) is 0 Å². The minimum Gasteiger partial charge on any atom is -0.385 e. The van der Waals surface area contributed by atoms with Crippen LogP contribution in [-0.4, -0.2) is 19.6 Å². The molecule has 3 heteroatoms. The van der Waals surface area contributed by atoms with E-state index in [1.54, 1.807) is 0 Å². The van der Waals surface area contributed by atoms with Crippen LogP contribution in [0.3, 0.4) is 0 Å². The standard InChI is InChI=1S/C14H20N2O/c1-2-11(7-15-5-1)8-16-14-4-3-12-9-17-10-13(12)6-14/h3-4,6,11,15-16H,1-2,5,7-10H2. The summed E-state index contributed by atoms with van der Waals surface area (Å²) in [5.74, 6) is 0.772. The molecule has 0 amide bonds. The van der Waals surface area contributed by atoms with Crippen LogP contribution in [0.4, 0.5) is 5.69 Å². The molecule has 2 aliphatic heterocycles. The molecule has 1 fully saturated rings. The lowest BCUT2D eigenvalue weighted by Crippen LogP contribution is -2.33. The quantitative estimate of drug-likeness (QED) is 0.837. The molecule has 1 atom stereocenters. The molecule has 0 spiro atoms. The molecule has 1 aromatic rings. The third-order valence-electron chi connectivity index (χ3n) is 3.72. The highest BCUT2D eigenvalue weighted by Gasteiger charge is 2.14. The number of rotatable bonds is 3. The molecule has 2 aliphatic rings. The van der Waals surface area contributed by atoms with Gasteiger partial charge < -0.3 is 15.4 Å². The Morgan fingerprint density at radius 1 is 1.29 bits per heavy atom. The van der Waals surface area contributed by atoms with Crippen molar-refractivity contribution in [3.05, 3.63) is 29.3 Å². The van der Waals surface area contributed by atoms with Crippen LogP contribution < -0.4 is 10.6 Å². The summed E-state index contributed by atoms with van der Waals surface area (Å²) in [6, 6.07) is 6.59. The topological polar surface area (TPSA) is 33.3 Å². The first-order chi connectivity index (χ1) is 8.42. The van der Waals surface area contributed by atoms with Gasteiger partial charge in [-0.05, 0) is 55.1 Å². The van der Waals surface area contributed by atoms with Crippen molar-refractivity contribution in [2.75, 3.05) is 25.0 Å². The van der Waals surface area contributed by atoms with E-state index in [1.807, 2.05) is 0 Å². The van der Waals surface area contributed by atoms with E-state index in [1.165, 1.54) is 36.2 Å². The van der Waals surface area contributed by atoms with Crippen molar-refractivity contribution in [3.63, 3.8) is 0 Å². The lowest BCUT2D eigenvalue weighted by Gasteiger charge is -2.23. The van der Waals surface area contributed by atoms with E-state index in [-0.39, 0.29) is 0 Å². The third kappa shape index (κ3) is 2.61. The van der Waals surface area contributed by atoms with E-state index in [9.17, 15) is 0 Å². The van der Waals surface area contributed by atoms with E-state index >= 15 is 0 Å². The molecule has 0 bridgehead atoms. The fourth-order valence-electron chi connectivity index (χ4n) is 2.64. The highest BCUT2D eigenvalue weighted by molar-refractivity contribution is 5.49. The molecule has 3 nitrogen and oxygen atoms in total. The number of piperidine rings is 1. The Morgan fingerprint density at radius 2 is 2.24 bits per heavy atom. The Morgan fingerprint density at radius 3 is 3.12 bits per heavy atom. The largest absolute Gasteiger partial charge is 0.385 e. The number of nitrogens with one attached hydrogen (secondary N) is 2. The molecule has 2 N–H and O–H groups in total. The van der Waals surface area contributed by atoms with Gasteiger partial charge in [-0.2, -0.15) is 0 Å². The van der Waals surface area contributed by atoms with Gasteiger partial charge in [-0.1, -0.05) is 6.07 Å². The van der Waals surface area contributed by atoms with Crippen molar-refractivity contribution in [1.29, 1.82) is 0 Å². The zero-order valence-electron chi connectivity index (χ0n) is 10.2. The first-order valence-electron chi connectivity index (χ1n) is 6.56. The molecular formula is C14H20N2O. The molecule has 1 unspecified atom stereocenters. The highest BCUT2D eigenvalue weighted by Crippen LogP contribution is 2.23. The van der Waals surface area contributed by atoms with Gasteiger partial charge in [0, 0.05) is 12.2 Å². The summed E-state index contributed by atoms with van der Waals surface area (Å²) in [7, 11) is 0. The lowest BCUT2D eigenvalue weighted by molar-refractivity contribution is 0.134. The number of fused-ring (bicyclic) bond motifs is 1. The highest BCUT2D eigenvalue weighted by atomic mass is 16.5. The summed E-state index contributed by atoms with van der Waals surface area (Å²) in [5.41, 5.74) is 3.92. The number of hydrogen-bond acceptors (Lipinski definition) is 3. The monoisotopic (exact) mass is 232 g/mol. The van der Waals surface area contributed by atoms with E-state index in [4.69, 9.17) is 4.74 Å². The summed E-state index contributed by atoms with van der Waals surface area (Å²) < 4.78 is 5.43. The van der Waals surface area contributed by atoms with Gasteiger partial charge >= 0.3 is 0 Å². The fraction of sp³-hybridized carbons (Fsp3) is 0.571. The molecule has 0 saturated carbocycles. The Kier molecular flexibility index (Phi) is 3.29. The summed E-state index contributed by atoms with van der Waals surface area (Å²) in [4.78, 5) is 0. The van der Waals surface area contributed by atoms with Crippen LogP contribution >= 0.6 is 0 Å². The second kappa shape index (κ2) is 5.07. The molecule has 3 rings (SSSR count). The molecule has 17 heavy (non-hydrogen) atoms. The Hall–Kier alpha value is -1.06. The fourth-order valence-corrected chi connectivity index (χ4v) is 2.64. The van der Waals surface area contributed by atoms with E-state index < -0.39 is 0 Å². The zero-order valence-corrected chi connectivity index (χ0v) is 10.2. The lowest BCUT2D eigenvalue weighted by atomic mass is 9.99. The maximum absolute atomic E-state index is 5.43. The number of anilines is 1. The van der Waals surface area contributed by atoms with Crippen LogP contribution in [-0.2, 0) is 18.0 Å². The average Bonchev–Trinajstić information content (AvgIpc) is 2.85. The van der Waals surface area contributed by atoms with E-state index in [2.05, 4.69) is 28.8 Å². The van der Waals surface area contributed by atoms with Gasteiger partial charge in [0.25, 0.3) is 0 Å². The van der Waals surface area contributed by atoms with Gasteiger partial charge in [0.1, 0.15) is 0 Å². The summed E-state index contributed by atoms with van der Waals surface area (Å²) in [6.45, 7) is 4.97. The third-order valence-corrected chi connectivity index (χ3v) is 3.72. The SMILES string of the molecule is c1cc2c(cc1NCC1CCCNC1)COC2. The minimum absolute atomic E-state index is 0.772. The number of ether oxygens (including phenoxy) is 1. The van der Waals surface area contributed by atoms with Gasteiger partial charge in [-0.25, -0.2) is 0 Å². The molecule has 1 aromatic carbocycles. The van der Waals surface area contributed by atoms with Gasteiger partial charge in [0.2, 0.25) is 0 Å². The van der Waals surface area contributed by atoms with Crippen LogP contribution in [0.2, 0.25) is 0 Å². The van der Waals surface area contributed by atoms with Crippen molar-refractivity contribution >= 4 is 5.69 Å². The molecule has 0 aromatic heterocycles. The Balaban J connectivity index is 1.57. The molecule has 92 valence electrons. The van der Waals surface area contributed by atoms with Crippen molar-refractivity contribution in [1.82, 2.24) is 5.32 Å². The first kappa shape index (κ1) is 11.1. The van der Waals surface area contributed by atoms with Crippen LogP contribution in [0.15, 0.2) is 18.2 Å². The average molecular weight is 232 g/mol. The van der Waals surface area contributed by atoms with E-state index in [0.717, 1.165) is 32.2 Å². The normalized spacial score (nSPS) is 23.4. The molecule has 0 aliphatic carbocycles. The zero-order chi connectivity index (χ0) is 11.5. The Bertz CT molecular complexity index is 386. The molecule has 1 saturated heterocycles. The summed E-state index contributed by atoms with van der Waals surface area (Å²) in [6.07, 6.45) is 2.65. The molecular weight excluding hydrogens is 212 g/mol. The maximum Gasteiger partial charge on any atom is 0.0725 e. The summed E-state index contributed by atoms with van der Waals surface area (Å²) >= 11 is 0. The molecule has 0 radical (unpaired) electrons. The van der Waals surface area contributed by atoms with Crippen LogP contribution in [0, 0.1) is 5.92 Å². The predicted octanol–water partition coefficient (Wildman–Crippen LogP) is 2.13. The second-order valence-electron chi connectivity index (χ2n) is 5.07. The summed E-state index contributed by atoms with van der Waals surface area (Å²) in [5, 5.41) is 7.00. The van der Waals surface area contributed by atoms with Crippen molar-refractivity contribution in [2.24, 2.45) is 5.92 Å². The predicted molar refractivity (Wildman–Crippen MR) is 69.0 cm³/mol. The van der Waals surface area contributed by atoms with Crippen LogP contribution in [0.1, 0.15) is 24.0 Å². The van der Waals surface area contributed by atoms with Gasteiger partial charge in [0.15, 0.2) is 0 Å². The van der Waals surface area contributed by atoms with Crippen LogP contribution in [0.5, 0.6) is 0 Å². The van der Waals surface area contributed by atoms with Crippen molar-refractivity contribution in [2.45, 2.75) is 26.1 Å². The second-order valence-corrected chi connectivity index (χ2v) is 5.07. The van der Waals surface area contributed by atoms with Crippen molar-refractivity contribution < 1.29 is 4.74 Å². The number of benzene rings is 1. The Labute approximate surface area is 103 Å². The van der Waals surface area contributed by atoms with Gasteiger partial charge in [-0.15, -0.1) is 0 Å². The van der Waals surface area contributed by atoms with E-state index in [0.29, 0.717) is 0 Å². The molecule has 2 heterocycles. The minimum atomic E-state index is 0.772.